The van der Waals surface area contributed by atoms with Gasteiger partial charge in [-0.3, -0.25) is 0 Å². The Bertz CT molecular complexity index is 566. The first-order chi connectivity index (χ1) is 9.87. The molecule has 1 saturated heterocycles. The van der Waals surface area contributed by atoms with Gasteiger partial charge in [0.25, 0.3) is 0 Å². The molecule has 2 unspecified atom stereocenters. The summed E-state index contributed by atoms with van der Waals surface area (Å²) in [6, 6.07) is 6.94. The van der Waals surface area contributed by atoms with Crippen molar-refractivity contribution in [3.63, 3.8) is 0 Å². The van der Waals surface area contributed by atoms with Crippen LogP contribution in [-0.2, 0) is 14.8 Å². The molecule has 1 aliphatic rings. The predicted octanol–water partition coefficient (Wildman–Crippen LogP) is 1.09. The first-order valence-electron chi connectivity index (χ1n) is 6.98. The van der Waals surface area contributed by atoms with Crippen molar-refractivity contribution in [1.29, 1.82) is 0 Å². The summed E-state index contributed by atoms with van der Waals surface area (Å²) in [6.07, 6.45) is -0.170. The number of sulfonamides is 1. The molecule has 0 radical (unpaired) electrons. The molecule has 21 heavy (non-hydrogen) atoms. The van der Waals surface area contributed by atoms with Crippen LogP contribution in [0.25, 0.3) is 0 Å². The van der Waals surface area contributed by atoms with E-state index < -0.39 is 10.0 Å². The van der Waals surface area contributed by atoms with Gasteiger partial charge >= 0.3 is 0 Å². The molecular formula is C14H22N2O4S. The van der Waals surface area contributed by atoms with Crippen LogP contribution in [-0.4, -0.2) is 50.4 Å². The molecule has 1 fully saturated rings. The maximum absolute atomic E-state index is 12.3. The number of benzene rings is 1. The summed E-state index contributed by atoms with van der Waals surface area (Å²) in [5.74, 6) is 0.523. The van der Waals surface area contributed by atoms with Gasteiger partial charge in [-0.05, 0) is 26.0 Å². The van der Waals surface area contributed by atoms with E-state index in [9.17, 15) is 8.42 Å². The molecule has 6 nitrogen and oxygen atoms in total. The van der Waals surface area contributed by atoms with Gasteiger partial charge in [0.2, 0.25) is 10.0 Å². The number of nitrogens with zero attached hydrogens (tertiary/aromatic N) is 1. The Morgan fingerprint density at radius 2 is 2.00 bits per heavy atom. The van der Waals surface area contributed by atoms with E-state index in [4.69, 9.17) is 15.2 Å². The van der Waals surface area contributed by atoms with Crippen molar-refractivity contribution in [3.8, 4) is 5.75 Å². The monoisotopic (exact) mass is 314 g/mol. The van der Waals surface area contributed by atoms with E-state index in [2.05, 4.69) is 0 Å². The molecule has 0 saturated carbocycles. The highest BCUT2D eigenvalue weighted by molar-refractivity contribution is 7.89. The van der Waals surface area contributed by atoms with E-state index in [1.54, 1.807) is 24.3 Å². The number of nitrogens with two attached hydrogens (primary N) is 1. The Kier molecular flexibility index (Phi) is 5.08. The summed E-state index contributed by atoms with van der Waals surface area (Å²) in [5.41, 5.74) is 6.23. The fourth-order valence-electron chi connectivity index (χ4n) is 2.36. The summed E-state index contributed by atoms with van der Waals surface area (Å²) in [7, 11) is -3.33. The maximum Gasteiger partial charge on any atom is 0.217 e. The lowest BCUT2D eigenvalue weighted by molar-refractivity contribution is -0.0441. The average molecular weight is 314 g/mol. The fraction of sp³-hybridized carbons (Fsp3) is 0.571. The van der Waals surface area contributed by atoms with Gasteiger partial charge in [0.1, 0.15) is 12.4 Å². The molecule has 1 aromatic carbocycles. The summed E-state index contributed by atoms with van der Waals surface area (Å²) < 4.78 is 37.1. The molecule has 0 aliphatic carbocycles. The Morgan fingerprint density at radius 1 is 1.33 bits per heavy atom. The smallest absolute Gasteiger partial charge is 0.217 e. The predicted molar refractivity (Wildman–Crippen MR) is 81.7 cm³/mol. The highest BCUT2D eigenvalue weighted by atomic mass is 32.2. The highest BCUT2D eigenvalue weighted by Crippen LogP contribution is 2.17. The zero-order valence-electron chi connectivity index (χ0n) is 12.4. The molecule has 2 rings (SSSR count). The average Bonchev–Trinajstić information content (AvgIpc) is 2.37. The van der Waals surface area contributed by atoms with Crippen LogP contribution < -0.4 is 10.5 Å². The molecule has 2 N–H and O–H groups in total. The molecule has 1 heterocycles. The Hall–Kier alpha value is -1.31. The zero-order chi connectivity index (χ0) is 15.5. The van der Waals surface area contributed by atoms with Crippen LogP contribution in [0.4, 0.5) is 5.69 Å². The van der Waals surface area contributed by atoms with Crippen molar-refractivity contribution in [2.45, 2.75) is 26.1 Å². The van der Waals surface area contributed by atoms with Crippen molar-refractivity contribution in [2.75, 3.05) is 31.2 Å². The number of hydrogen-bond donors (Lipinski definition) is 1. The van der Waals surface area contributed by atoms with E-state index in [-0.39, 0.29) is 24.6 Å². The number of anilines is 1. The Balaban J connectivity index is 1.89. The molecule has 0 bridgehead atoms. The van der Waals surface area contributed by atoms with Gasteiger partial charge in [-0.2, -0.15) is 4.31 Å². The van der Waals surface area contributed by atoms with Gasteiger partial charge in [-0.15, -0.1) is 0 Å². The van der Waals surface area contributed by atoms with Crippen molar-refractivity contribution >= 4 is 15.7 Å². The van der Waals surface area contributed by atoms with Crippen LogP contribution in [0.1, 0.15) is 13.8 Å². The summed E-state index contributed by atoms with van der Waals surface area (Å²) in [5, 5.41) is 0. The van der Waals surface area contributed by atoms with Crippen LogP contribution >= 0.6 is 0 Å². The van der Waals surface area contributed by atoms with E-state index in [1.165, 1.54) is 4.31 Å². The van der Waals surface area contributed by atoms with Crippen LogP contribution in [0.15, 0.2) is 24.3 Å². The van der Waals surface area contributed by atoms with E-state index >= 15 is 0 Å². The second kappa shape index (κ2) is 6.64. The minimum Gasteiger partial charge on any atom is -0.492 e. The number of morpholine rings is 1. The molecule has 2 atom stereocenters. The summed E-state index contributed by atoms with van der Waals surface area (Å²) >= 11 is 0. The van der Waals surface area contributed by atoms with Crippen molar-refractivity contribution < 1.29 is 17.9 Å². The molecule has 0 aromatic heterocycles. The normalized spacial score (nSPS) is 23.9. The quantitative estimate of drug-likeness (QED) is 0.823. The molecule has 0 spiro atoms. The van der Waals surface area contributed by atoms with Gasteiger partial charge in [0.15, 0.2) is 0 Å². The Labute approximate surface area is 125 Å². The van der Waals surface area contributed by atoms with Crippen LogP contribution in [0.2, 0.25) is 0 Å². The van der Waals surface area contributed by atoms with Gasteiger partial charge < -0.3 is 15.2 Å². The number of ether oxygens (including phenoxy) is 2. The largest absolute Gasteiger partial charge is 0.492 e. The topological polar surface area (TPSA) is 81.9 Å². The van der Waals surface area contributed by atoms with Gasteiger partial charge in [0, 0.05) is 24.8 Å². The second-order valence-electron chi connectivity index (χ2n) is 5.31. The van der Waals surface area contributed by atoms with Crippen LogP contribution in [0.3, 0.4) is 0 Å². The molecule has 1 aromatic rings. The SMILES string of the molecule is CC1CN(S(=O)(=O)CCOc2cccc(N)c2)CC(C)O1. The number of hydrogen-bond acceptors (Lipinski definition) is 5. The van der Waals surface area contributed by atoms with E-state index in [0.29, 0.717) is 24.5 Å². The highest BCUT2D eigenvalue weighted by Gasteiger charge is 2.30. The first kappa shape index (κ1) is 16.1. The van der Waals surface area contributed by atoms with Crippen molar-refractivity contribution in [2.24, 2.45) is 0 Å². The molecule has 118 valence electrons. The number of rotatable bonds is 5. The Morgan fingerprint density at radius 3 is 2.62 bits per heavy atom. The minimum absolute atomic E-state index is 0.0543. The lowest BCUT2D eigenvalue weighted by atomic mass is 10.3. The van der Waals surface area contributed by atoms with E-state index in [1.807, 2.05) is 13.8 Å². The molecule has 7 heteroatoms. The molecule has 0 amide bonds. The first-order valence-corrected chi connectivity index (χ1v) is 8.59. The van der Waals surface area contributed by atoms with Gasteiger partial charge in [0.05, 0.1) is 18.0 Å². The van der Waals surface area contributed by atoms with Gasteiger partial charge in [-0.1, -0.05) is 6.07 Å². The van der Waals surface area contributed by atoms with Gasteiger partial charge in [-0.25, -0.2) is 8.42 Å². The van der Waals surface area contributed by atoms with Crippen molar-refractivity contribution in [1.82, 2.24) is 4.31 Å². The maximum atomic E-state index is 12.3. The summed E-state index contributed by atoms with van der Waals surface area (Å²) in [4.78, 5) is 0. The van der Waals surface area contributed by atoms with E-state index in [0.717, 1.165) is 0 Å². The summed E-state index contributed by atoms with van der Waals surface area (Å²) in [6.45, 7) is 4.64. The molecule has 1 aliphatic heterocycles. The van der Waals surface area contributed by atoms with Crippen molar-refractivity contribution in [3.05, 3.63) is 24.3 Å². The lowest BCUT2D eigenvalue weighted by Crippen LogP contribution is -2.49. The zero-order valence-corrected chi connectivity index (χ0v) is 13.2. The minimum atomic E-state index is -3.33. The van der Waals surface area contributed by atoms with Crippen LogP contribution in [0.5, 0.6) is 5.75 Å². The second-order valence-corrected chi connectivity index (χ2v) is 7.40. The standard InChI is InChI=1S/C14H22N2O4S/c1-11-9-16(10-12(2)20-11)21(17,18)7-6-19-14-5-3-4-13(15)8-14/h3-5,8,11-12H,6-7,9-10,15H2,1-2H3. The lowest BCUT2D eigenvalue weighted by Gasteiger charge is -2.34. The fourth-order valence-corrected chi connectivity index (χ4v) is 3.78. The molecular weight excluding hydrogens is 292 g/mol. The third-order valence-electron chi connectivity index (χ3n) is 3.25. The number of nitrogen functional groups attached to an aromatic ring is 1. The van der Waals surface area contributed by atoms with Crippen LogP contribution in [0, 0.1) is 0 Å². The third kappa shape index (κ3) is 4.59. The third-order valence-corrected chi connectivity index (χ3v) is 5.02.